The van der Waals surface area contributed by atoms with E-state index in [0.717, 1.165) is 22.1 Å². The van der Waals surface area contributed by atoms with E-state index in [4.69, 9.17) is 32.9 Å². The summed E-state index contributed by atoms with van der Waals surface area (Å²) in [4.78, 5) is 20.7. The Kier molecular flexibility index (Phi) is 11.4. The molecular weight excluding hydrogens is 747 g/mol. The smallest absolute Gasteiger partial charge is 0.335 e. The van der Waals surface area contributed by atoms with E-state index >= 15 is 0 Å². The summed E-state index contributed by atoms with van der Waals surface area (Å²) in [5, 5.41) is 14.7. The Bertz CT molecular complexity index is 2240. The molecule has 52 heavy (non-hydrogen) atoms. The Balaban J connectivity index is 1.30. The quantitative estimate of drug-likeness (QED) is 0.0953. The highest BCUT2D eigenvalue weighted by Crippen LogP contribution is 2.36. The normalized spacial score (nSPS) is 14.5. The number of carboxylic acid groups (broad SMARTS) is 1. The number of carbonyl (C=O) groups is 1. The van der Waals surface area contributed by atoms with Crippen LogP contribution in [0.15, 0.2) is 95.9 Å². The molecule has 2 heterocycles. The van der Waals surface area contributed by atoms with Gasteiger partial charge in [0.25, 0.3) is 0 Å². The molecule has 0 unspecified atom stereocenters. The molecule has 1 aromatic heterocycles. The van der Waals surface area contributed by atoms with Crippen LogP contribution in [0.2, 0.25) is 10.0 Å². The molecule has 1 fully saturated rings. The van der Waals surface area contributed by atoms with Crippen LogP contribution in [0.25, 0.3) is 10.9 Å². The molecule has 6 rings (SSSR count). The third-order valence-electron chi connectivity index (χ3n) is 8.86. The van der Waals surface area contributed by atoms with Crippen molar-refractivity contribution in [3.05, 3.63) is 123 Å². The van der Waals surface area contributed by atoms with Gasteiger partial charge in [0.15, 0.2) is 0 Å². The van der Waals surface area contributed by atoms with Crippen molar-refractivity contribution >= 4 is 65.8 Å². The van der Waals surface area contributed by atoms with Crippen LogP contribution < -0.4 is 10.1 Å². The van der Waals surface area contributed by atoms with Crippen molar-refractivity contribution in [2.45, 2.75) is 36.1 Å². The van der Waals surface area contributed by atoms with Crippen molar-refractivity contribution < 1.29 is 31.5 Å². The van der Waals surface area contributed by atoms with E-state index in [0.29, 0.717) is 34.2 Å². The number of nitrogens with one attached hydrogen (secondary N) is 1. The number of piperidine rings is 1. The number of fused-ring (bicyclic) bond motifs is 1. The molecule has 5 aromatic rings. The number of benzene rings is 4. The van der Waals surface area contributed by atoms with Gasteiger partial charge in [-0.1, -0.05) is 53.5 Å². The maximum atomic E-state index is 13.4. The van der Waals surface area contributed by atoms with Crippen LogP contribution in [-0.4, -0.2) is 79.9 Å². The number of hydrogen-bond acceptors (Lipinski definition) is 9. The largest absolute Gasteiger partial charge is 0.478 e. The van der Waals surface area contributed by atoms with Crippen LogP contribution >= 0.6 is 23.2 Å². The van der Waals surface area contributed by atoms with E-state index in [1.54, 1.807) is 0 Å². The minimum absolute atomic E-state index is 0.00786. The zero-order valence-electron chi connectivity index (χ0n) is 28.1. The second-order valence-electron chi connectivity index (χ2n) is 12.7. The maximum Gasteiger partial charge on any atom is 0.335 e. The molecule has 0 radical (unpaired) electrons. The van der Waals surface area contributed by atoms with Gasteiger partial charge in [-0.2, -0.15) is 14.3 Å². The van der Waals surface area contributed by atoms with Gasteiger partial charge >= 0.3 is 12.0 Å². The second kappa shape index (κ2) is 15.8. The first-order valence-electron chi connectivity index (χ1n) is 16.5. The van der Waals surface area contributed by atoms with Gasteiger partial charge in [-0.15, -0.1) is 0 Å². The third-order valence-corrected chi connectivity index (χ3v) is 12.3. The highest BCUT2D eigenvalue weighted by atomic mass is 35.5. The fraction of sp³-hybridized carbons (Fsp3) is 0.270. The van der Waals surface area contributed by atoms with E-state index in [-0.39, 0.29) is 60.3 Å². The van der Waals surface area contributed by atoms with Crippen molar-refractivity contribution in [2.24, 2.45) is 0 Å². The van der Waals surface area contributed by atoms with E-state index in [9.17, 15) is 26.7 Å². The van der Waals surface area contributed by atoms with Crippen LogP contribution in [0.4, 0.5) is 5.82 Å². The molecule has 1 aliphatic rings. The molecule has 11 nitrogen and oxygen atoms in total. The van der Waals surface area contributed by atoms with E-state index < -0.39 is 25.8 Å². The number of ether oxygens (including phenoxy) is 1. The van der Waals surface area contributed by atoms with Gasteiger partial charge in [0.1, 0.15) is 15.7 Å². The maximum absolute atomic E-state index is 13.4. The third kappa shape index (κ3) is 9.02. The molecule has 4 aromatic carbocycles. The first kappa shape index (κ1) is 37.5. The number of rotatable bonds is 13. The Morgan fingerprint density at radius 1 is 0.865 bits per heavy atom. The lowest BCUT2D eigenvalue weighted by Crippen LogP contribution is -2.42. The number of anilines is 1. The fourth-order valence-electron chi connectivity index (χ4n) is 6.20. The minimum Gasteiger partial charge on any atom is -0.478 e. The van der Waals surface area contributed by atoms with Gasteiger partial charge < -0.3 is 15.2 Å². The number of nitrogens with zero attached hydrogens (tertiary/aromatic N) is 3. The number of halogens is 2. The lowest BCUT2D eigenvalue weighted by atomic mass is 9.84. The summed E-state index contributed by atoms with van der Waals surface area (Å²) in [6.07, 6.45) is 2.39. The number of aromatic nitrogens is 2. The van der Waals surface area contributed by atoms with Crippen LogP contribution in [0.5, 0.6) is 6.01 Å². The Hall–Kier alpha value is -4.27. The highest BCUT2D eigenvalue weighted by Gasteiger charge is 2.30. The van der Waals surface area contributed by atoms with E-state index in [1.807, 2.05) is 66.7 Å². The van der Waals surface area contributed by atoms with Crippen LogP contribution in [0.3, 0.4) is 0 Å². The van der Waals surface area contributed by atoms with Crippen molar-refractivity contribution in [2.75, 3.05) is 37.0 Å². The number of sulfonamides is 1. The van der Waals surface area contributed by atoms with Gasteiger partial charge in [-0.3, -0.25) is 0 Å². The summed E-state index contributed by atoms with van der Waals surface area (Å²) in [6.45, 7) is 0.576. The minimum atomic E-state index is -3.83. The predicted octanol–water partition coefficient (Wildman–Crippen LogP) is 6.89. The zero-order valence-corrected chi connectivity index (χ0v) is 31.2. The molecule has 0 spiro atoms. The molecule has 1 saturated heterocycles. The molecule has 0 aliphatic carbocycles. The van der Waals surface area contributed by atoms with E-state index in [1.165, 1.54) is 34.8 Å². The van der Waals surface area contributed by atoms with Gasteiger partial charge in [-0.25, -0.2) is 21.6 Å². The van der Waals surface area contributed by atoms with Crippen LogP contribution in [0, 0.1) is 0 Å². The molecule has 1 aliphatic heterocycles. The van der Waals surface area contributed by atoms with E-state index in [2.05, 4.69) is 10.3 Å². The Labute approximate surface area is 312 Å². The topological polar surface area (TPSA) is 156 Å². The first-order chi connectivity index (χ1) is 24.8. The molecular formula is C37H36Cl2N4O7S2. The average Bonchev–Trinajstić information content (AvgIpc) is 3.12. The van der Waals surface area contributed by atoms with Crippen LogP contribution in [0.1, 0.15) is 52.2 Å². The molecule has 272 valence electrons. The summed E-state index contributed by atoms with van der Waals surface area (Å²) in [5.74, 6) is -0.844. The molecule has 0 bridgehead atoms. The summed E-state index contributed by atoms with van der Waals surface area (Å²) in [5.41, 5.74) is 3.60. The highest BCUT2D eigenvalue weighted by molar-refractivity contribution is 7.90. The van der Waals surface area contributed by atoms with Crippen LogP contribution in [-0.2, 0) is 19.9 Å². The van der Waals surface area contributed by atoms with Gasteiger partial charge in [0.05, 0.1) is 28.3 Å². The molecule has 15 heteroatoms. The number of aromatic carboxylic acids is 1. The Morgan fingerprint density at radius 2 is 1.44 bits per heavy atom. The number of sulfone groups is 1. The van der Waals surface area contributed by atoms with Crippen molar-refractivity contribution in [3.8, 4) is 6.01 Å². The number of hydrogen-bond donors (Lipinski definition) is 2. The molecule has 0 amide bonds. The lowest BCUT2D eigenvalue weighted by Gasteiger charge is -2.32. The first-order valence-corrected chi connectivity index (χ1v) is 20.8. The molecule has 0 atom stereocenters. The average molecular weight is 784 g/mol. The summed E-state index contributed by atoms with van der Waals surface area (Å²) in [7, 11) is -6.99. The van der Waals surface area contributed by atoms with Crippen molar-refractivity contribution in [1.29, 1.82) is 0 Å². The van der Waals surface area contributed by atoms with Gasteiger partial charge in [0, 0.05) is 46.7 Å². The zero-order chi connectivity index (χ0) is 37.0. The summed E-state index contributed by atoms with van der Waals surface area (Å²) >= 11 is 12.5. The van der Waals surface area contributed by atoms with Crippen molar-refractivity contribution in [1.82, 2.24) is 14.3 Å². The van der Waals surface area contributed by atoms with Gasteiger partial charge in [0.2, 0.25) is 10.0 Å². The fourth-order valence-corrected chi connectivity index (χ4v) is 8.57. The summed E-state index contributed by atoms with van der Waals surface area (Å²) in [6, 6.07) is 26.4. The monoisotopic (exact) mass is 782 g/mol. The summed E-state index contributed by atoms with van der Waals surface area (Å²) < 4.78 is 57.3. The van der Waals surface area contributed by atoms with Crippen molar-refractivity contribution in [3.63, 3.8) is 0 Å². The predicted molar refractivity (Wildman–Crippen MR) is 202 cm³/mol. The second-order valence-corrected chi connectivity index (χ2v) is 17.7. The molecule has 0 saturated carbocycles. The standard InChI is InChI=1S/C37H36Cl2N4O7S2/c1-51(46,47)22-2-21-50-37-41-33-16-9-27(34(24-3-10-28(38)11-4-24)25-5-12-29(39)13-6-25)23-32(33)35(42-37)40-30-17-19-43(20-18-30)52(48,49)31-14-7-26(8-15-31)36(44)45/h3-16,23,30,34H,2,17-22H2,1H3,(H,44,45)(H,40,41,42). The molecule has 2 N–H and O–H groups in total. The SMILES string of the molecule is CS(=O)(=O)CCCOc1nc(NC2CCN(S(=O)(=O)c3ccc(C(=O)O)cc3)CC2)c2cc(C(c3ccc(Cl)cc3)c3ccc(Cl)cc3)ccc2n1. The van der Waals surface area contributed by atoms with Gasteiger partial charge in [-0.05, 0) is 96.6 Å². The number of carboxylic acids is 1. The lowest BCUT2D eigenvalue weighted by molar-refractivity contribution is 0.0696. The Morgan fingerprint density at radius 3 is 2.00 bits per heavy atom.